The van der Waals surface area contributed by atoms with Crippen LogP contribution in [0.1, 0.15) is 25.0 Å². The summed E-state index contributed by atoms with van der Waals surface area (Å²) in [6, 6.07) is 11.0. The molecule has 0 aliphatic heterocycles. The van der Waals surface area contributed by atoms with Gasteiger partial charge in [0.25, 0.3) is 0 Å². The molecule has 0 amide bonds. The van der Waals surface area contributed by atoms with E-state index in [4.69, 9.17) is 23.7 Å². The van der Waals surface area contributed by atoms with Crippen molar-refractivity contribution in [2.45, 2.75) is 20.4 Å². The first-order valence-electron chi connectivity index (χ1n) is 9.63. The van der Waals surface area contributed by atoms with Gasteiger partial charge in [-0.25, -0.2) is 4.79 Å². The SMILES string of the molecule is CCOC(=O)COc1ccc(/C=N\NCc2ccc(OC)c(OC)c2)cc1OCC. The van der Waals surface area contributed by atoms with Crippen molar-refractivity contribution in [3.05, 3.63) is 47.5 Å². The maximum Gasteiger partial charge on any atom is 0.344 e. The molecule has 0 spiro atoms. The Labute approximate surface area is 176 Å². The smallest absolute Gasteiger partial charge is 0.344 e. The van der Waals surface area contributed by atoms with Crippen molar-refractivity contribution in [1.82, 2.24) is 5.43 Å². The van der Waals surface area contributed by atoms with Crippen LogP contribution >= 0.6 is 0 Å². The number of hydrazone groups is 1. The van der Waals surface area contributed by atoms with Crippen LogP contribution in [0.15, 0.2) is 41.5 Å². The number of carbonyl (C=O) groups excluding carboxylic acids is 1. The fourth-order valence-electron chi connectivity index (χ4n) is 2.58. The Morgan fingerprint density at radius 2 is 1.70 bits per heavy atom. The summed E-state index contributed by atoms with van der Waals surface area (Å²) in [5.41, 5.74) is 4.82. The van der Waals surface area contributed by atoms with Gasteiger partial charge >= 0.3 is 5.97 Å². The van der Waals surface area contributed by atoms with E-state index in [2.05, 4.69) is 10.5 Å². The first-order chi connectivity index (χ1) is 14.6. The molecule has 8 heteroatoms. The summed E-state index contributed by atoms with van der Waals surface area (Å²) in [4.78, 5) is 11.5. The zero-order valence-corrected chi connectivity index (χ0v) is 17.8. The molecule has 162 valence electrons. The molecule has 0 aromatic heterocycles. The van der Waals surface area contributed by atoms with Crippen molar-refractivity contribution in [2.75, 3.05) is 34.0 Å². The van der Waals surface area contributed by atoms with Gasteiger partial charge < -0.3 is 29.1 Å². The third-order valence-electron chi connectivity index (χ3n) is 3.95. The van der Waals surface area contributed by atoms with E-state index in [1.165, 1.54) is 0 Å². The van der Waals surface area contributed by atoms with Gasteiger partial charge in [-0.05, 0) is 55.3 Å². The summed E-state index contributed by atoms with van der Waals surface area (Å²) in [5.74, 6) is 1.93. The number of esters is 1. The lowest BCUT2D eigenvalue weighted by Crippen LogP contribution is -2.15. The van der Waals surface area contributed by atoms with Gasteiger partial charge in [0.2, 0.25) is 0 Å². The van der Waals surface area contributed by atoms with Crippen molar-refractivity contribution in [1.29, 1.82) is 0 Å². The predicted octanol–water partition coefficient (Wildman–Crippen LogP) is 3.17. The Hall–Kier alpha value is -3.42. The van der Waals surface area contributed by atoms with E-state index in [1.54, 1.807) is 39.5 Å². The normalized spacial score (nSPS) is 10.5. The maximum atomic E-state index is 11.5. The average molecular weight is 416 g/mol. The molecule has 0 aliphatic rings. The Kier molecular flexibility index (Phi) is 9.30. The molecule has 1 N–H and O–H groups in total. The number of hydrogen-bond acceptors (Lipinski definition) is 8. The summed E-state index contributed by atoms with van der Waals surface area (Å²) in [7, 11) is 3.20. The summed E-state index contributed by atoms with van der Waals surface area (Å²) < 4.78 is 26.5. The van der Waals surface area contributed by atoms with Crippen molar-refractivity contribution < 1.29 is 28.5 Å². The van der Waals surface area contributed by atoms with Crippen molar-refractivity contribution in [3.63, 3.8) is 0 Å². The molecule has 0 bridgehead atoms. The average Bonchev–Trinajstić information content (AvgIpc) is 2.76. The second-order valence-corrected chi connectivity index (χ2v) is 6.02. The summed E-state index contributed by atoms with van der Waals surface area (Å²) in [6.07, 6.45) is 1.68. The van der Waals surface area contributed by atoms with Gasteiger partial charge in [-0.3, -0.25) is 0 Å². The van der Waals surface area contributed by atoms with E-state index in [-0.39, 0.29) is 6.61 Å². The van der Waals surface area contributed by atoms with Crippen LogP contribution in [0.4, 0.5) is 0 Å². The Balaban J connectivity index is 1.97. The lowest BCUT2D eigenvalue weighted by molar-refractivity contribution is -0.145. The molecule has 0 fully saturated rings. The molecular weight excluding hydrogens is 388 g/mol. The molecule has 0 saturated heterocycles. The highest BCUT2D eigenvalue weighted by Gasteiger charge is 2.09. The van der Waals surface area contributed by atoms with E-state index in [0.29, 0.717) is 42.8 Å². The molecule has 0 saturated carbocycles. The minimum absolute atomic E-state index is 0.172. The van der Waals surface area contributed by atoms with Gasteiger partial charge in [-0.15, -0.1) is 0 Å². The summed E-state index contributed by atoms with van der Waals surface area (Å²) >= 11 is 0. The van der Waals surface area contributed by atoms with Crippen LogP contribution in [0.5, 0.6) is 23.0 Å². The van der Waals surface area contributed by atoms with E-state index < -0.39 is 5.97 Å². The predicted molar refractivity (Wildman–Crippen MR) is 114 cm³/mol. The number of nitrogens with one attached hydrogen (secondary N) is 1. The number of rotatable bonds is 12. The zero-order valence-electron chi connectivity index (χ0n) is 17.8. The monoisotopic (exact) mass is 416 g/mol. The maximum absolute atomic E-state index is 11.5. The second-order valence-electron chi connectivity index (χ2n) is 6.02. The van der Waals surface area contributed by atoms with Crippen LogP contribution in [0.2, 0.25) is 0 Å². The Bertz CT molecular complexity index is 854. The molecule has 8 nitrogen and oxygen atoms in total. The third-order valence-corrected chi connectivity index (χ3v) is 3.95. The van der Waals surface area contributed by atoms with Crippen LogP contribution in [-0.2, 0) is 16.1 Å². The number of ether oxygens (including phenoxy) is 5. The first kappa shape index (κ1) is 22.9. The van der Waals surface area contributed by atoms with Crippen LogP contribution in [0.25, 0.3) is 0 Å². The minimum Gasteiger partial charge on any atom is -0.493 e. The highest BCUT2D eigenvalue weighted by atomic mass is 16.6. The lowest BCUT2D eigenvalue weighted by Gasteiger charge is -2.12. The van der Waals surface area contributed by atoms with E-state index in [9.17, 15) is 4.79 Å². The first-order valence-corrected chi connectivity index (χ1v) is 9.63. The molecule has 0 atom stereocenters. The number of carbonyl (C=O) groups is 1. The zero-order chi connectivity index (χ0) is 21.8. The second kappa shape index (κ2) is 12.2. The molecule has 2 aromatic carbocycles. The molecule has 30 heavy (non-hydrogen) atoms. The summed E-state index contributed by atoms with van der Waals surface area (Å²) in [6.45, 7) is 4.75. The number of nitrogens with zero attached hydrogens (tertiary/aromatic N) is 1. The van der Waals surface area contributed by atoms with Crippen LogP contribution < -0.4 is 24.4 Å². The van der Waals surface area contributed by atoms with Gasteiger partial charge in [-0.1, -0.05) is 6.07 Å². The highest BCUT2D eigenvalue weighted by molar-refractivity contribution is 5.80. The molecule has 2 aromatic rings. The van der Waals surface area contributed by atoms with Crippen molar-refractivity contribution in [3.8, 4) is 23.0 Å². The fraction of sp³-hybridized carbons (Fsp3) is 0.364. The van der Waals surface area contributed by atoms with E-state index in [0.717, 1.165) is 11.1 Å². The molecule has 0 heterocycles. The molecular formula is C22H28N2O6. The van der Waals surface area contributed by atoms with Gasteiger partial charge in [0.1, 0.15) is 0 Å². The van der Waals surface area contributed by atoms with Gasteiger partial charge in [0.05, 0.1) is 40.2 Å². The van der Waals surface area contributed by atoms with Gasteiger partial charge in [0, 0.05) is 0 Å². The Morgan fingerprint density at radius 1 is 0.933 bits per heavy atom. The molecule has 0 aliphatic carbocycles. The third kappa shape index (κ3) is 6.88. The Morgan fingerprint density at radius 3 is 2.40 bits per heavy atom. The summed E-state index contributed by atoms with van der Waals surface area (Å²) in [5, 5.41) is 4.25. The van der Waals surface area contributed by atoms with Gasteiger partial charge in [-0.2, -0.15) is 5.10 Å². The fourth-order valence-corrected chi connectivity index (χ4v) is 2.58. The number of hydrogen-bond donors (Lipinski definition) is 1. The van der Waals surface area contributed by atoms with Crippen LogP contribution in [0.3, 0.4) is 0 Å². The number of benzene rings is 2. The largest absolute Gasteiger partial charge is 0.493 e. The molecule has 0 radical (unpaired) electrons. The van der Waals surface area contributed by atoms with Crippen molar-refractivity contribution >= 4 is 12.2 Å². The van der Waals surface area contributed by atoms with E-state index in [1.807, 2.05) is 31.2 Å². The highest BCUT2D eigenvalue weighted by Crippen LogP contribution is 2.28. The van der Waals surface area contributed by atoms with E-state index >= 15 is 0 Å². The van der Waals surface area contributed by atoms with Crippen molar-refractivity contribution in [2.24, 2.45) is 5.10 Å². The van der Waals surface area contributed by atoms with Crippen LogP contribution in [0, 0.1) is 0 Å². The standard InChI is InChI=1S/C22H28N2O6/c1-5-28-21-12-17(8-10-19(21)30-15-22(25)29-6-2)14-24-23-13-16-7-9-18(26-3)20(11-16)27-4/h7-12,14,23H,5-6,13,15H2,1-4H3/b24-14-. The van der Waals surface area contributed by atoms with Gasteiger partial charge in [0.15, 0.2) is 29.6 Å². The molecule has 0 unspecified atom stereocenters. The van der Waals surface area contributed by atoms with Crippen LogP contribution in [-0.4, -0.2) is 46.2 Å². The number of methoxy groups -OCH3 is 2. The minimum atomic E-state index is -0.426. The lowest BCUT2D eigenvalue weighted by atomic mass is 10.2. The topological polar surface area (TPSA) is 87.6 Å². The molecule has 2 rings (SSSR count). The quantitative estimate of drug-likeness (QED) is 0.323.